The fourth-order valence-corrected chi connectivity index (χ4v) is 3.94. The highest BCUT2D eigenvalue weighted by Gasteiger charge is 2.34. The van der Waals surface area contributed by atoms with Crippen molar-refractivity contribution in [2.24, 2.45) is 10.2 Å². The third-order valence-corrected chi connectivity index (χ3v) is 6.11. The second-order valence-electron chi connectivity index (χ2n) is 7.11. The van der Waals surface area contributed by atoms with Crippen LogP contribution in [0, 0.1) is 0 Å². The van der Waals surface area contributed by atoms with Gasteiger partial charge in [0.05, 0.1) is 23.4 Å². The first-order chi connectivity index (χ1) is 16.8. The van der Waals surface area contributed by atoms with Crippen molar-refractivity contribution in [1.29, 1.82) is 0 Å². The molecule has 13 heteroatoms. The van der Waals surface area contributed by atoms with Crippen LogP contribution >= 0.6 is 0 Å². The molecular weight excluding hydrogens is 474 g/mol. The van der Waals surface area contributed by atoms with Gasteiger partial charge in [-0.1, -0.05) is 0 Å². The molecule has 178 valence electrons. The van der Waals surface area contributed by atoms with Crippen molar-refractivity contribution in [2.75, 3.05) is 17.3 Å². The number of nitrogens with zero attached hydrogens (tertiary/aromatic N) is 5. The Morgan fingerprint density at radius 2 is 1.69 bits per heavy atom. The molecule has 12 nitrogen and oxygen atoms in total. The van der Waals surface area contributed by atoms with Crippen molar-refractivity contribution in [3.63, 3.8) is 0 Å². The number of hydrazone groups is 2. The van der Waals surface area contributed by atoms with Gasteiger partial charge in [-0.05, 0) is 61.5 Å². The first-order valence-electron chi connectivity index (χ1n) is 10.1. The number of benzene rings is 2. The summed E-state index contributed by atoms with van der Waals surface area (Å²) in [7, 11) is -2.38. The van der Waals surface area contributed by atoms with Gasteiger partial charge in [0.2, 0.25) is 5.95 Å². The largest absolute Gasteiger partial charge is 0.497 e. The average Bonchev–Trinajstić information content (AvgIpc) is 3.16. The molecule has 35 heavy (non-hydrogen) atoms. The number of carbonyl (C=O) groups is 2. The second kappa shape index (κ2) is 9.69. The number of amides is 2. The molecule has 0 fully saturated rings. The van der Waals surface area contributed by atoms with Crippen LogP contribution in [-0.4, -0.2) is 53.7 Å². The summed E-state index contributed by atoms with van der Waals surface area (Å²) in [6.45, 7) is 1.55. The number of nitrogens with one attached hydrogen (secondary N) is 2. The Labute approximate surface area is 200 Å². The van der Waals surface area contributed by atoms with E-state index in [9.17, 15) is 18.0 Å². The summed E-state index contributed by atoms with van der Waals surface area (Å²) < 4.78 is 32.3. The summed E-state index contributed by atoms with van der Waals surface area (Å²) in [5, 5.41) is 8.81. The molecule has 1 aromatic heterocycles. The molecule has 0 radical (unpaired) electrons. The molecule has 2 N–H and O–H groups in total. The van der Waals surface area contributed by atoms with E-state index >= 15 is 0 Å². The molecule has 2 amide bonds. The molecule has 3 aromatic rings. The number of anilines is 2. The molecule has 2 heterocycles. The SMILES string of the molecule is COc1ccc(C(=O)N2N=C(C)C(=NNc3ccc(S(=O)(=O)Nc4ncccn4)cc3)C2=O)cc1. The Balaban J connectivity index is 1.44. The predicted molar refractivity (Wildman–Crippen MR) is 128 cm³/mol. The summed E-state index contributed by atoms with van der Waals surface area (Å²) in [5.74, 6) is -0.776. The lowest BCUT2D eigenvalue weighted by Crippen LogP contribution is -2.33. The van der Waals surface area contributed by atoms with E-state index in [2.05, 4.69) is 30.3 Å². The van der Waals surface area contributed by atoms with Gasteiger partial charge < -0.3 is 4.74 Å². The Bertz CT molecular complexity index is 1420. The van der Waals surface area contributed by atoms with Crippen molar-refractivity contribution >= 4 is 44.9 Å². The predicted octanol–water partition coefficient (Wildman–Crippen LogP) is 2.11. The molecule has 2 aromatic carbocycles. The molecule has 0 spiro atoms. The first-order valence-corrected chi connectivity index (χ1v) is 11.6. The molecule has 0 bridgehead atoms. The molecule has 1 aliphatic rings. The van der Waals surface area contributed by atoms with Crippen molar-refractivity contribution in [3.05, 3.63) is 72.6 Å². The van der Waals surface area contributed by atoms with E-state index in [1.54, 1.807) is 25.1 Å². The van der Waals surface area contributed by atoms with Crippen LogP contribution in [0.3, 0.4) is 0 Å². The molecule has 4 rings (SSSR count). The standard InChI is InChI=1S/C22H19N7O5S/c1-14-19(21(31)29(27-14)20(30)15-4-8-17(34-2)9-5-15)26-25-16-6-10-18(11-7-16)35(32,33)28-22-23-12-3-13-24-22/h3-13,25H,1-2H3,(H,23,24,28). The van der Waals surface area contributed by atoms with Gasteiger partial charge in [0.25, 0.3) is 15.9 Å². The van der Waals surface area contributed by atoms with Gasteiger partial charge in [0, 0.05) is 18.0 Å². The van der Waals surface area contributed by atoms with E-state index in [4.69, 9.17) is 4.74 Å². The van der Waals surface area contributed by atoms with Gasteiger partial charge in [-0.25, -0.2) is 23.1 Å². The number of ether oxygens (including phenoxy) is 1. The zero-order chi connectivity index (χ0) is 25.0. The molecule has 0 saturated heterocycles. The van der Waals surface area contributed by atoms with Crippen LogP contribution in [0.25, 0.3) is 0 Å². The zero-order valence-electron chi connectivity index (χ0n) is 18.5. The number of carbonyl (C=O) groups excluding carboxylic acids is 2. The molecule has 0 atom stereocenters. The highest BCUT2D eigenvalue weighted by molar-refractivity contribution is 7.92. The third kappa shape index (κ3) is 5.14. The Kier molecular flexibility index (Phi) is 6.51. The second-order valence-corrected chi connectivity index (χ2v) is 8.79. The number of aromatic nitrogens is 2. The molecule has 0 aliphatic carbocycles. The maximum absolute atomic E-state index is 12.7. The Morgan fingerprint density at radius 1 is 1.03 bits per heavy atom. The number of methoxy groups -OCH3 is 1. The minimum absolute atomic E-state index is 0.0193. The minimum Gasteiger partial charge on any atom is -0.497 e. The van der Waals surface area contributed by atoms with Gasteiger partial charge in [-0.3, -0.25) is 15.0 Å². The fourth-order valence-electron chi connectivity index (χ4n) is 2.98. The number of hydrogen-bond acceptors (Lipinski definition) is 10. The number of sulfonamides is 1. The fraction of sp³-hybridized carbons (Fsp3) is 0.0909. The Hall–Kier alpha value is -4.65. The van der Waals surface area contributed by atoms with Gasteiger partial charge in [0.15, 0.2) is 5.71 Å². The maximum atomic E-state index is 12.7. The van der Waals surface area contributed by atoms with Crippen molar-refractivity contribution < 1.29 is 22.7 Å². The van der Waals surface area contributed by atoms with Crippen LogP contribution < -0.4 is 14.9 Å². The van der Waals surface area contributed by atoms with Gasteiger partial charge >= 0.3 is 5.91 Å². The third-order valence-electron chi connectivity index (χ3n) is 4.77. The van der Waals surface area contributed by atoms with E-state index < -0.39 is 21.8 Å². The van der Waals surface area contributed by atoms with Crippen LogP contribution in [0.15, 0.2) is 82.1 Å². The Morgan fingerprint density at radius 3 is 2.31 bits per heavy atom. The lowest BCUT2D eigenvalue weighted by molar-refractivity contribution is -0.121. The molecule has 0 saturated carbocycles. The number of hydrogen-bond donors (Lipinski definition) is 2. The van der Waals surface area contributed by atoms with Crippen molar-refractivity contribution in [1.82, 2.24) is 15.0 Å². The van der Waals surface area contributed by atoms with Gasteiger partial charge in [-0.2, -0.15) is 15.2 Å². The van der Waals surface area contributed by atoms with Gasteiger partial charge in [0.1, 0.15) is 5.75 Å². The molecule has 0 unspecified atom stereocenters. The van der Waals surface area contributed by atoms with Crippen LogP contribution in [0.1, 0.15) is 17.3 Å². The zero-order valence-corrected chi connectivity index (χ0v) is 19.4. The van der Waals surface area contributed by atoms with E-state index in [1.807, 2.05) is 0 Å². The quantitative estimate of drug-likeness (QED) is 0.374. The smallest absolute Gasteiger partial charge is 0.303 e. The van der Waals surface area contributed by atoms with Crippen molar-refractivity contribution in [2.45, 2.75) is 11.8 Å². The van der Waals surface area contributed by atoms with E-state index in [1.165, 1.54) is 55.9 Å². The first kappa shape index (κ1) is 23.5. The highest BCUT2D eigenvalue weighted by Crippen LogP contribution is 2.18. The summed E-state index contributed by atoms with van der Waals surface area (Å²) in [6.07, 6.45) is 2.83. The van der Waals surface area contributed by atoms with E-state index in [0.717, 1.165) is 5.01 Å². The summed E-state index contributed by atoms with van der Waals surface area (Å²) >= 11 is 0. The normalized spacial score (nSPS) is 14.6. The summed E-state index contributed by atoms with van der Waals surface area (Å²) in [5.41, 5.74) is 3.55. The topological polar surface area (TPSA) is 155 Å². The average molecular weight is 494 g/mol. The summed E-state index contributed by atoms with van der Waals surface area (Å²) in [4.78, 5) is 33.1. The van der Waals surface area contributed by atoms with Crippen LogP contribution in [0.4, 0.5) is 11.6 Å². The summed E-state index contributed by atoms with van der Waals surface area (Å²) in [6, 6.07) is 13.5. The molecular formula is C22H19N7O5S. The molecule has 1 aliphatic heterocycles. The van der Waals surface area contributed by atoms with Crippen molar-refractivity contribution in [3.8, 4) is 5.75 Å². The van der Waals surface area contributed by atoms with Crippen LogP contribution in [0.5, 0.6) is 5.75 Å². The van der Waals surface area contributed by atoms with Gasteiger partial charge in [-0.15, -0.1) is 0 Å². The lowest BCUT2D eigenvalue weighted by Gasteiger charge is -2.10. The highest BCUT2D eigenvalue weighted by atomic mass is 32.2. The van der Waals surface area contributed by atoms with Crippen LogP contribution in [-0.2, 0) is 14.8 Å². The van der Waals surface area contributed by atoms with Crippen LogP contribution in [0.2, 0.25) is 0 Å². The van der Waals surface area contributed by atoms with E-state index in [0.29, 0.717) is 11.4 Å². The maximum Gasteiger partial charge on any atom is 0.303 e. The monoisotopic (exact) mass is 493 g/mol. The lowest BCUT2D eigenvalue weighted by atomic mass is 10.2. The van der Waals surface area contributed by atoms with E-state index in [-0.39, 0.29) is 27.8 Å². The number of rotatable bonds is 7. The minimum atomic E-state index is -3.89. The number of imide groups is 1.